The van der Waals surface area contributed by atoms with Crippen LogP contribution in [0.2, 0.25) is 0 Å². The lowest BCUT2D eigenvalue weighted by Crippen LogP contribution is -2.47. The summed E-state index contributed by atoms with van der Waals surface area (Å²) in [6.45, 7) is 4.90. The van der Waals surface area contributed by atoms with Crippen molar-refractivity contribution in [2.45, 2.75) is 58.8 Å². The average molecular weight is 244 g/mol. The van der Waals surface area contributed by atoms with E-state index in [2.05, 4.69) is 12.2 Å². The number of quaternary nitrogens is 1. The smallest absolute Gasteiger partial charge is 0.224 e. The fourth-order valence-corrected chi connectivity index (χ4v) is 1.78. The average Bonchev–Trinajstić information content (AvgIpc) is 2.26. The SMILES string of the molecule is CCCCCCCC(=O)NC[N+](C)([O-])CCC. The molecule has 0 heterocycles. The number of hydrogen-bond acceptors (Lipinski definition) is 2. The Bertz CT molecular complexity index is 206. The van der Waals surface area contributed by atoms with Crippen LogP contribution in [-0.2, 0) is 4.79 Å². The Morgan fingerprint density at radius 3 is 2.35 bits per heavy atom. The molecule has 0 spiro atoms. The number of hydroxylamine groups is 3. The van der Waals surface area contributed by atoms with Crippen LogP contribution in [0.15, 0.2) is 0 Å². The highest BCUT2D eigenvalue weighted by molar-refractivity contribution is 5.75. The van der Waals surface area contributed by atoms with Gasteiger partial charge < -0.3 is 15.2 Å². The van der Waals surface area contributed by atoms with E-state index in [-0.39, 0.29) is 17.2 Å². The molecule has 102 valence electrons. The summed E-state index contributed by atoms with van der Waals surface area (Å²) < 4.78 is -0.377. The lowest BCUT2D eigenvalue weighted by atomic mass is 10.1. The van der Waals surface area contributed by atoms with Gasteiger partial charge in [0.1, 0.15) is 0 Å². The number of rotatable bonds is 10. The Hall–Kier alpha value is -0.610. The van der Waals surface area contributed by atoms with E-state index in [1.165, 1.54) is 19.3 Å². The van der Waals surface area contributed by atoms with Crippen molar-refractivity contribution in [3.8, 4) is 0 Å². The Labute approximate surface area is 106 Å². The lowest BCUT2D eigenvalue weighted by Gasteiger charge is -2.38. The fraction of sp³-hybridized carbons (Fsp3) is 0.923. The Kier molecular flexibility index (Phi) is 9.09. The van der Waals surface area contributed by atoms with Gasteiger partial charge in [-0.15, -0.1) is 0 Å². The van der Waals surface area contributed by atoms with Crippen molar-refractivity contribution in [2.24, 2.45) is 0 Å². The van der Waals surface area contributed by atoms with E-state index < -0.39 is 0 Å². The molecular formula is C13H28N2O2. The zero-order valence-electron chi connectivity index (χ0n) is 11.6. The molecule has 0 bridgehead atoms. The summed E-state index contributed by atoms with van der Waals surface area (Å²) in [7, 11) is 1.60. The highest BCUT2D eigenvalue weighted by Crippen LogP contribution is 2.05. The van der Waals surface area contributed by atoms with E-state index in [4.69, 9.17) is 0 Å². The van der Waals surface area contributed by atoms with Crippen LogP contribution in [0.3, 0.4) is 0 Å². The monoisotopic (exact) mass is 244 g/mol. The zero-order valence-corrected chi connectivity index (χ0v) is 11.6. The molecule has 4 heteroatoms. The first-order chi connectivity index (χ1) is 8.02. The molecule has 0 radical (unpaired) electrons. The number of carbonyl (C=O) groups is 1. The molecule has 0 saturated carbocycles. The summed E-state index contributed by atoms with van der Waals surface area (Å²) in [6.07, 6.45) is 7.10. The zero-order chi connectivity index (χ0) is 13.1. The molecule has 1 atom stereocenters. The second-order valence-corrected chi connectivity index (χ2v) is 4.94. The molecule has 0 aliphatic carbocycles. The third-order valence-corrected chi connectivity index (χ3v) is 2.81. The fourth-order valence-electron chi connectivity index (χ4n) is 1.78. The first-order valence-electron chi connectivity index (χ1n) is 6.84. The lowest BCUT2D eigenvalue weighted by molar-refractivity contribution is -0.862. The number of hydrogen-bond donors (Lipinski definition) is 1. The molecule has 0 aliphatic heterocycles. The Morgan fingerprint density at radius 1 is 1.12 bits per heavy atom. The first kappa shape index (κ1) is 16.4. The molecule has 0 aromatic heterocycles. The van der Waals surface area contributed by atoms with Gasteiger partial charge in [-0.3, -0.25) is 4.79 Å². The number of amides is 1. The number of nitrogens with one attached hydrogen (secondary N) is 1. The van der Waals surface area contributed by atoms with Crippen LogP contribution < -0.4 is 5.32 Å². The molecule has 0 rings (SSSR count). The van der Waals surface area contributed by atoms with E-state index in [0.717, 1.165) is 19.3 Å². The van der Waals surface area contributed by atoms with E-state index >= 15 is 0 Å². The van der Waals surface area contributed by atoms with Gasteiger partial charge in [-0.1, -0.05) is 39.5 Å². The largest absolute Gasteiger partial charge is 0.632 e. The van der Waals surface area contributed by atoms with Crippen molar-refractivity contribution in [3.05, 3.63) is 5.21 Å². The third-order valence-electron chi connectivity index (χ3n) is 2.81. The van der Waals surface area contributed by atoms with Gasteiger partial charge in [-0.05, 0) is 12.8 Å². The maximum atomic E-state index is 11.7. The summed E-state index contributed by atoms with van der Waals surface area (Å²) in [5, 5.41) is 14.5. The molecule has 1 unspecified atom stereocenters. The molecular weight excluding hydrogens is 216 g/mol. The van der Waals surface area contributed by atoms with E-state index in [9.17, 15) is 10.0 Å². The molecule has 4 nitrogen and oxygen atoms in total. The molecule has 0 aromatic carbocycles. The Morgan fingerprint density at radius 2 is 1.76 bits per heavy atom. The van der Waals surface area contributed by atoms with Crippen molar-refractivity contribution >= 4 is 5.91 Å². The minimum atomic E-state index is -0.377. The van der Waals surface area contributed by atoms with Crippen molar-refractivity contribution in [1.29, 1.82) is 0 Å². The minimum absolute atomic E-state index is 0.0119. The second kappa shape index (κ2) is 9.42. The van der Waals surface area contributed by atoms with Crippen LogP contribution in [0.5, 0.6) is 0 Å². The minimum Gasteiger partial charge on any atom is -0.632 e. The van der Waals surface area contributed by atoms with Gasteiger partial charge in [0.25, 0.3) is 0 Å². The summed E-state index contributed by atoms with van der Waals surface area (Å²) in [5.41, 5.74) is 0. The summed E-state index contributed by atoms with van der Waals surface area (Å²) in [4.78, 5) is 11.5. The Balaban J connectivity index is 3.52. The van der Waals surface area contributed by atoms with Gasteiger partial charge in [0.15, 0.2) is 6.67 Å². The van der Waals surface area contributed by atoms with Gasteiger partial charge in [0.05, 0.1) is 13.6 Å². The summed E-state index contributed by atoms with van der Waals surface area (Å²) >= 11 is 0. The van der Waals surface area contributed by atoms with Gasteiger partial charge in [0, 0.05) is 6.42 Å². The quantitative estimate of drug-likeness (QED) is 0.278. The van der Waals surface area contributed by atoms with Crippen molar-refractivity contribution in [1.82, 2.24) is 5.32 Å². The standard InChI is InChI=1S/C13H28N2O2/c1-4-6-7-8-9-10-13(16)14-12-15(3,17)11-5-2/h4-12H2,1-3H3,(H,14,16). The molecule has 0 fully saturated rings. The topological polar surface area (TPSA) is 52.2 Å². The molecule has 17 heavy (non-hydrogen) atoms. The van der Waals surface area contributed by atoms with Crippen molar-refractivity contribution in [2.75, 3.05) is 20.3 Å². The normalized spacial score (nSPS) is 14.4. The van der Waals surface area contributed by atoms with Crippen LogP contribution in [-0.4, -0.2) is 30.8 Å². The first-order valence-corrected chi connectivity index (χ1v) is 6.84. The molecule has 1 amide bonds. The molecule has 1 N–H and O–H groups in total. The van der Waals surface area contributed by atoms with Gasteiger partial charge in [-0.2, -0.15) is 0 Å². The highest BCUT2D eigenvalue weighted by Gasteiger charge is 2.10. The van der Waals surface area contributed by atoms with E-state index in [1.807, 2.05) is 6.92 Å². The van der Waals surface area contributed by atoms with Gasteiger partial charge in [0.2, 0.25) is 5.91 Å². The van der Waals surface area contributed by atoms with Gasteiger partial charge >= 0.3 is 0 Å². The maximum Gasteiger partial charge on any atom is 0.224 e. The van der Waals surface area contributed by atoms with E-state index in [0.29, 0.717) is 13.0 Å². The third kappa shape index (κ3) is 10.3. The predicted molar refractivity (Wildman–Crippen MR) is 71.1 cm³/mol. The molecule has 0 aromatic rings. The van der Waals surface area contributed by atoms with Crippen LogP contribution >= 0.6 is 0 Å². The molecule has 0 saturated heterocycles. The highest BCUT2D eigenvalue weighted by atomic mass is 16.5. The molecule has 0 aliphatic rings. The van der Waals surface area contributed by atoms with Crippen molar-refractivity contribution in [3.63, 3.8) is 0 Å². The number of carbonyl (C=O) groups excluding carboxylic acids is 1. The second-order valence-electron chi connectivity index (χ2n) is 4.94. The van der Waals surface area contributed by atoms with Crippen LogP contribution in [0, 0.1) is 5.21 Å². The number of unbranched alkanes of at least 4 members (excludes halogenated alkanes) is 4. The van der Waals surface area contributed by atoms with Crippen LogP contribution in [0.4, 0.5) is 0 Å². The number of nitrogens with zero attached hydrogens (tertiary/aromatic N) is 1. The van der Waals surface area contributed by atoms with Crippen LogP contribution in [0.25, 0.3) is 0 Å². The van der Waals surface area contributed by atoms with Crippen molar-refractivity contribution < 1.29 is 9.44 Å². The summed E-state index contributed by atoms with van der Waals surface area (Å²) in [6, 6.07) is 0. The van der Waals surface area contributed by atoms with E-state index in [1.54, 1.807) is 7.05 Å². The van der Waals surface area contributed by atoms with Gasteiger partial charge in [-0.25, -0.2) is 0 Å². The van der Waals surface area contributed by atoms with Crippen LogP contribution in [0.1, 0.15) is 58.8 Å². The summed E-state index contributed by atoms with van der Waals surface area (Å²) in [5.74, 6) is 0.0119. The predicted octanol–water partition coefficient (Wildman–Crippen LogP) is 2.78. The maximum absolute atomic E-state index is 11.7.